The Hall–Kier alpha value is -3.12. The summed E-state index contributed by atoms with van der Waals surface area (Å²) in [7, 11) is 0. The van der Waals surface area contributed by atoms with E-state index in [4.69, 9.17) is 16.0 Å². The number of fused-ring (bicyclic) bond motifs is 1. The van der Waals surface area contributed by atoms with E-state index in [9.17, 15) is 4.79 Å². The Balaban J connectivity index is 1.45. The molecule has 0 radical (unpaired) electrons. The van der Waals surface area contributed by atoms with Crippen LogP contribution in [0.2, 0.25) is 5.02 Å². The first-order valence-electron chi connectivity index (χ1n) is 9.83. The smallest absolute Gasteiger partial charge is 0.251 e. The predicted octanol–water partition coefficient (Wildman–Crippen LogP) is 4.70. The van der Waals surface area contributed by atoms with Gasteiger partial charge in [0.05, 0.1) is 12.2 Å². The number of halogens is 1. The number of nitrogens with zero attached hydrogens (tertiary/aromatic N) is 3. The van der Waals surface area contributed by atoms with Crippen LogP contribution in [0.1, 0.15) is 40.1 Å². The van der Waals surface area contributed by atoms with E-state index in [2.05, 4.69) is 15.4 Å². The molecule has 0 saturated heterocycles. The topological polar surface area (TPSA) is 73.0 Å². The van der Waals surface area contributed by atoms with E-state index in [1.54, 1.807) is 18.2 Å². The van der Waals surface area contributed by atoms with Crippen LogP contribution in [0.3, 0.4) is 0 Å². The number of rotatable bonds is 6. The van der Waals surface area contributed by atoms with Crippen molar-refractivity contribution in [3.63, 3.8) is 0 Å². The number of nitrogens with one attached hydrogen (secondary N) is 1. The zero-order valence-corrected chi connectivity index (χ0v) is 17.9. The number of benzene rings is 2. The van der Waals surface area contributed by atoms with Gasteiger partial charge in [0.2, 0.25) is 0 Å². The molecule has 1 atom stereocenters. The first kappa shape index (κ1) is 20.2. The van der Waals surface area contributed by atoms with Crippen molar-refractivity contribution in [3.8, 4) is 0 Å². The molecule has 2 aromatic heterocycles. The molecule has 1 amide bonds. The van der Waals surface area contributed by atoms with Gasteiger partial charge in [-0.3, -0.25) is 9.48 Å². The Morgan fingerprint density at radius 1 is 1.17 bits per heavy atom. The van der Waals surface area contributed by atoms with E-state index in [1.165, 1.54) is 0 Å². The number of oxazole rings is 1. The fourth-order valence-corrected chi connectivity index (χ4v) is 3.57. The third-order valence-electron chi connectivity index (χ3n) is 4.89. The molecule has 0 bridgehead atoms. The summed E-state index contributed by atoms with van der Waals surface area (Å²) in [4.78, 5) is 17.2. The maximum atomic E-state index is 12.7. The number of aryl methyl sites for hydroxylation is 2. The molecule has 1 N–H and O–H groups in total. The minimum atomic E-state index is -0.145. The minimum Gasteiger partial charge on any atom is -0.440 e. The van der Waals surface area contributed by atoms with Gasteiger partial charge in [0, 0.05) is 28.7 Å². The summed E-state index contributed by atoms with van der Waals surface area (Å²) in [6.45, 7) is 6.55. The Kier molecular flexibility index (Phi) is 5.59. The van der Waals surface area contributed by atoms with E-state index < -0.39 is 0 Å². The lowest BCUT2D eigenvalue weighted by molar-refractivity contribution is 0.0936. The molecule has 0 aliphatic heterocycles. The zero-order chi connectivity index (χ0) is 21.3. The van der Waals surface area contributed by atoms with Crippen molar-refractivity contribution in [2.75, 3.05) is 0 Å². The summed E-state index contributed by atoms with van der Waals surface area (Å²) in [5.74, 6) is 0.455. The van der Waals surface area contributed by atoms with E-state index >= 15 is 0 Å². The molecule has 2 heterocycles. The summed E-state index contributed by atoms with van der Waals surface area (Å²) in [6, 6.07) is 14.8. The second-order valence-electron chi connectivity index (χ2n) is 7.58. The van der Waals surface area contributed by atoms with Gasteiger partial charge in [-0.15, -0.1) is 0 Å². The zero-order valence-electron chi connectivity index (χ0n) is 17.1. The largest absolute Gasteiger partial charge is 0.440 e. The monoisotopic (exact) mass is 422 g/mol. The van der Waals surface area contributed by atoms with Gasteiger partial charge in [-0.05, 0) is 62.7 Å². The fraction of sp³-hybridized carbons (Fsp3) is 0.261. The average Bonchev–Trinajstić information content (AvgIpc) is 3.24. The van der Waals surface area contributed by atoms with Gasteiger partial charge in [-0.1, -0.05) is 23.7 Å². The standard InChI is InChI=1S/C23H23ClN4O2/c1-14-10-16(3)28(27-14)13-15(2)25-23(29)18-6-9-21-20(12-18)26-22(30-21)11-17-4-7-19(24)8-5-17/h4-10,12,15H,11,13H2,1-3H3,(H,25,29)/t15-/m1/s1. The lowest BCUT2D eigenvalue weighted by Gasteiger charge is -2.15. The van der Waals surface area contributed by atoms with Crippen molar-refractivity contribution in [2.24, 2.45) is 0 Å². The molecule has 4 aromatic rings. The van der Waals surface area contributed by atoms with Gasteiger partial charge < -0.3 is 9.73 Å². The molecule has 0 spiro atoms. The van der Waals surface area contributed by atoms with Crippen molar-refractivity contribution in [1.29, 1.82) is 0 Å². The maximum Gasteiger partial charge on any atom is 0.251 e. The lowest BCUT2D eigenvalue weighted by atomic mass is 10.1. The van der Waals surface area contributed by atoms with E-state index in [0.717, 1.165) is 17.0 Å². The number of carbonyl (C=O) groups is 1. The average molecular weight is 423 g/mol. The Bertz CT molecular complexity index is 1190. The first-order chi connectivity index (χ1) is 14.4. The quantitative estimate of drug-likeness (QED) is 0.488. The molecule has 6 nitrogen and oxygen atoms in total. The molecular weight excluding hydrogens is 400 g/mol. The van der Waals surface area contributed by atoms with Gasteiger partial charge in [-0.2, -0.15) is 5.10 Å². The maximum absolute atomic E-state index is 12.7. The SMILES string of the molecule is Cc1cc(C)n(C[C@@H](C)NC(=O)c2ccc3oc(Cc4ccc(Cl)cc4)nc3c2)n1. The second-order valence-corrected chi connectivity index (χ2v) is 8.01. The third kappa shape index (κ3) is 4.54. The highest BCUT2D eigenvalue weighted by molar-refractivity contribution is 6.30. The van der Waals surface area contributed by atoms with Crippen LogP contribution in [0.25, 0.3) is 11.1 Å². The van der Waals surface area contributed by atoms with Crippen LogP contribution in [0, 0.1) is 13.8 Å². The summed E-state index contributed by atoms with van der Waals surface area (Å²) < 4.78 is 7.73. The molecule has 154 valence electrons. The van der Waals surface area contributed by atoms with Crippen molar-refractivity contribution < 1.29 is 9.21 Å². The van der Waals surface area contributed by atoms with Crippen LogP contribution in [0.4, 0.5) is 0 Å². The Morgan fingerprint density at radius 2 is 1.93 bits per heavy atom. The van der Waals surface area contributed by atoms with Gasteiger partial charge in [0.15, 0.2) is 11.5 Å². The second kappa shape index (κ2) is 8.32. The van der Waals surface area contributed by atoms with Crippen LogP contribution >= 0.6 is 11.6 Å². The Morgan fingerprint density at radius 3 is 2.63 bits per heavy atom. The van der Waals surface area contributed by atoms with Crippen molar-refractivity contribution in [3.05, 3.63) is 82.0 Å². The normalized spacial score (nSPS) is 12.3. The van der Waals surface area contributed by atoms with Crippen molar-refractivity contribution in [1.82, 2.24) is 20.1 Å². The molecule has 0 unspecified atom stereocenters. The van der Waals surface area contributed by atoms with Crippen LogP contribution in [-0.2, 0) is 13.0 Å². The summed E-state index contributed by atoms with van der Waals surface area (Å²) >= 11 is 5.93. The van der Waals surface area contributed by atoms with Crippen LogP contribution in [0.15, 0.2) is 52.9 Å². The van der Waals surface area contributed by atoms with Gasteiger partial charge >= 0.3 is 0 Å². The molecule has 7 heteroatoms. The molecule has 0 fully saturated rings. The Labute approximate surface area is 179 Å². The number of aromatic nitrogens is 3. The molecule has 30 heavy (non-hydrogen) atoms. The highest BCUT2D eigenvalue weighted by Crippen LogP contribution is 2.20. The van der Waals surface area contributed by atoms with Crippen molar-refractivity contribution in [2.45, 2.75) is 39.8 Å². The summed E-state index contributed by atoms with van der Waals surface area (Å²) in [5, 5.41) is 8.17. The highest BCUT2D eigenvalue weighted by Gasteiger charge is 2.14. The molecule has 2 aromatic carbocycles. The predicted molar refractivity (Wildman–Crippen MR) is 117 cm³/mol. The third-order valence-corrected chi connectivity index (χ3v) is 5.14. The first-order valence-corrected chi connectivity index (χ1v) is 10.2. The van der Waals surface area contributed by atoms with Crippen LogP contribution in [-0.4, -0.2) is 26.7 Å². The van der Waals surface area contributed by atoms with E-state index in [0.29, 0.717) is 40.5 Å². The summed E-state index contributed by atoms with van der Waals surface area (Å²) in [6.07, 6.45) is 0.563. The van der Waals surface area contributed by atoms with Gasteiger partial charge in [-0.25, -0.2) is 4.98 Å². The van der Waals surface area contributed by atoms with Gasteiger partial charge in [0.1, 0.15) is 5.52 Å². The van der Waals surface area contributed by atoms with Crippen LogP contribution < -0.4 is 5.32 Å². The van der Waals surface area contributed by atoms with E-state index in [1.807, 2.05) is 55.8 Å². The fourth-order valence-electron chi connectivity index (χ4n) is 3.44. The lowest BCUT2D eigenvalue weighted by Crippen LogP contribution is -2.36. The number of carbonyl (C=O) groups excluding carboxylic acids is 1. The van der Waals surface area contributed by atoms with E-state index in [-0.39, 0.29) is 11.9 Å². The number of hydrogen-bond acceptors (Lipinski definition) is 4. The molecule has 0 aliphatic rings. The number of hydrogen-bond donors (Lipinski definition) is 1. The van der Waals surface area contributed by atoms with Crippen molar-refractivity contribution >= 4 is 28.6 Å². The molecule has 4 rings (SSSR count). The highest BCUT2D eigenvalue weighted by atomic mass is 35.5. The molecule has 0 saturated carbocycles. The molecular formula is C23H23ClN4O2. The van der Waals surface area contributed by atoms with Gasteiger partial charge in [0.25, 0.3) is 5.91 Å². The summed E-state index contributed by atoms with van der Waals surface area (Å²) in [5.41, 5.74) is 4.97. The molecule has 0 aliphatic carbocycles. The number of amides is 1. The van der Waals surface area contributed by atoms with Crippen LogP contribution in [0.5, 0.6) is 0 Å². The minimum absolute atomic E-state index is 0.0658.